The van der Waals surface area contributed by atoms with Crippen LogP contribution in [0.15, 0.2) is 64.9 Å². The first-order valence-corrected chi connectivity index (χ1v) is 11.3. The Labute approximate surface area is 180 Å². The lowest BCUT2D eigenvalue weighted by Crippen LogP contribution is -2.40. The first kappa shape index (κ1) is 20.8. The zero-order valence-electron chi connectivity index (χ0n) is 16.0. The predicted molar refractivity (Wildman–Crippen MR) is 112 cm³/mol. The highest BCUT2D eigenvalue weighted by atomic mass is 32.2. The van der Waals surface area contributed by atoms with Crippen LogP contribution in [0.1, 0.15) is 32.4 Å². The topological polar surface area (TPSA) is 29.5 Å². The molecule has 0 aliphatic carbocycles. The molecule has 0 saturated carbocycles. The van der Waals surface area contributed by atoms with Gasteiger partial charge in [-0.3, -0.25) is 4.79 Å². The number of hydrogen-bond acceptors (Lipinski definition) is 4. The molecule has 1 aromatic heterocycles. The molecular weight excluding hydrogens is 431 g/mol. The second-order valence-electron chi connectivity index (χ2n) is 6.80. The Hall–Kier alpha value is -2.45. The normalized spacial score (nSPS) is 16.3. The fourth-order valence-electron chi connectivity index (χ4n) is 3.65. The quantitative estimate of drug-likeness (QED) is 0.447. The Morgan fingerprint density at radius 2 is 1.80 bits per heavy atom. The number of ether oxygens (including phenoxy) is 1. The number of alkyl halides is 3. The van der Waals surface area contributed by atoms with Crippen molar-refractivity contribution >= 4 is 29.0 Å². The Balaban J connectivity index is 1.67. The van der Waals surface area contributed by atoms with Gasteiger partial charge in [0.2, 0.25) is 0 Å². The third-order valence-corrected chi connectivity index (χ3v) is 6.73. The monoisotopic (exact) mass is 449 g/mol. The predicted octanol–water partition coefficient (Wildman–Crippen LogP) is 6.16. The molecule has 8 heteroatoms. The minimum absolute atomic E-state index is 0.0971. The maximum absolute atomic E-state index is 13.3. The highest BCUT2D eigenvalue weighted by Gasteiger charge is 2.34. The molecular formula is C22H18F3NO2S2. The van der Waals surface area contributed by atoms with Gasteiger partial charge in [0.1, 0.15) is 5.75 Å². The van der Waals surface area contributed by atoms with Gasteiger partial charge in [0.05, 0.1) is 6.04 Å². The van der Waals surface area contributed by atoms with Gasteiger partial charge in [0, 0.05) is 21.9 Å². The number of nitrogens with zero attached hydrogens (tertiary/aromatic N) is 1. The van der Waals surface area contributed by atoms with E-state index in [0.717, 1.165) is 22.4 Å². The summed E-state index contributed by atoms with van der Waals surface area (Å²) in [6.45, 7) is 0.544. The van der Waals surface area contributed by atoms with E-state index in [2.05, 4.69) is 4.74 Å². The van der Waals surface area contributed by atoms with Gasteiger partial charge in [-0.15, -0.1) is 36.3 Å². The molecule has 3 nitrogen and oxygen atoms in total. The molecule has 156 valence electrons. The molecule has 0 radical (unpaired) electrons. The number of rotatable bonds is 4. The summed E-state index contributed by atoms with van der Waals surface area (Å²) in [5.41, 5.74) is 2.36. The van der Waals surface area contributed by atoms with Gasteiger partial charge >= 0.3 is 6.36 Å². The third kappa shape index (κ3) is 4.34. The Morgan fingerprint density at radius 3 is 2.43 bits per heavy atom. The molecule has 4 rings (SSSR count). The smallest absolute Gasteiger partial charge is 0.406 e. The van der Waals surface area contributed by atoms with E-state index < -0.39 is 6.36 Å². The summed E-state index contributed by atoms with van der Waals surface area (Å²) >= 11 is 3.24. The van der Waals surface area contributed by atoms with Gasteiger partial charge in [0.15, 0.2) is 0 Å². The van der Waals surface area contributed by atoms with E-state index in [-0.39, 0.29) is 17.7 Å². The highest BCUT2D eigenvalue weighted by molar-refractivity contribution is 7.98. The average molecular weight is 450 g/mol. The van der Waals surface area contributed by atoms with Crippen molar-refractivity contribution in [1.29, 1.82) is 0 Å². The maximum atomic E-state index is 13.3. The van der Waals surface area contributed by atoms with Crippen LogP contribution >= 0.6 is 23.1 Å². The number of carbonyl (C=O) groups excluding carboxylic acids is 1. The second kappa shape index (κ2) is 8.35. The number of carbonyl (C=O) groups is 1. The van der Waals surface area contributed by atoms with Crippen molar-refractivity contribution in [3.63, 3.8) is 0 Å². The van der Waals surface area contributed by atoms with E-state index in [1.165, 1.54) is 17.0 Å². The molecule has 1 unspecified atom stereocenters. The van der Waals surface area contributed by atoms with Gasteiger partial charge in [-0.1, -0.05) is 12.1 Å². The van der Waals surface area contributed by atoms with Crippen LogP contribution in [-0.2, 0) is 6.42 Å². The Morgan fingerprint density at radius 1 is 1.10 bits per heavy atom. The number of halogens is 3. The van der Waals surface area contributed by atoms with E-state index in [1.54, 1.807) is 40.1 Å². The van der Waals surface area contributed by atoms with Crippen LogP contribution in [0.2, 0.25) is 0 Å². The van der Waals surface area contributed by atoms with E-state index >= 15 is 0 Å². The van der Waals surface area contributed by atoms with Gasteiger partial charge in [0.25, 0.3) is 5.91 Å². The second-order valence-corrected chi connectivity index (χ2v) is 8.68. The molecule has 1 aliphatic rings. The van der Waals surface area contributed by atoms with Crippen molar-refractivity contribution in [2.24, 2.45) is 0 Å². The fourth-order valence-corrected chi connectivity index (χ4v) is 4.96. The largest absolute Gasteiger partial charge is 0.573 e. The van der Waals surface area contributed by atoms with Crippen LogP contribution in [0, 0.1) is 0 Å². The van der Waals surface area contributed by atoms with Crippen molar-refractivity contribution < 1.29 is 22.7 Å². The summed E-state index contributed by atoms with van der Waals surface area (Å²) in [4.78, 5) is 17.4. The number of fused-ring (bicyclic) bond motifs is 1. The molecule has 0 spiro atoms. The van der Waals surface area contributed by atoms with Crippen LogP contribution < -0.4 is 4.74 Å². The number of amides is 1. The minimum Gasteiger partial charge on any atom is -0.406 e. The van der Waals surface area contributed by atoms with Gasteiger partial charge in [-0.2, -0.15) is 0 Å². The molecule has 1 atom stereocenters. The minimum atomic E-state index is -4.74. The molecule has 3 aromatic rings. The molecule has 2 heterocycles. The van der Waals surface area contributed by atoms with E-state index in [4.69, 9.17) is 0 Å². The fraction of sp³-hybridized carbons (Fsp3) is 0.227. The summed E-state index contributed by atoms with van der Waals surface area (Å²) in [5, 5.41) is 1.99. The SMILES string of the molecule is CSc1ccc(C(=O)N2CCc3sccc3C2c2ccc(OC(F)(F)F)cc2)cc1. The highest BCUT2D eigenvalue weighted by Crippen LogP contribution is 2.39. The van der Waals surface area contributed by atoms with Gasteiger partial charge in [-0.05, 0) is 71.6 Å². The average Bonchev–Trinajstić information content (AvgIpc) is 3.21. The third-order valence-electron chi connectivity index (χ3n) is 4.99. The summed E-state index contributed by atoms with van der Waals surface area (Å²) in [6.07, 6.45) is -2.01. The van der Waals surface area contributed by atoms with Crippen molar-refractivity contribution in [3.05, 3.63) is 81.5 Å². The maximum Gasteiger partial charge on any atom is 0.573 e. The lowest BCUT2D eigenvalue weighted by atomic mass is 9.92. The van der Waals surface area contributed by atoms with Crippen molar-refractivity contribution in [1.82, 2.24) is 4.90 Å². The molecule has 0 bridgehead atoms. The van der Waals surface area contributed by atoms with Crippen LogP contribution in [-0.4, -0.2) is 30.0 Å². The van der Waals surface area contributed by atoms with Gasteiger partial charge in [-0.25, -0.2) is 0 Å². The summed E-state index contributed by atoms with van der Waals surface area (Å²) in [7, 11) is 0. The van der Waals surface area contributed by atoms with Crippen LogP contribution in [0.4, 0.5) is 13.2 Å². The summed E-state index contributed by atoms with van der Waals surface area (Å²) in [6, 6.07) is 14.9. The molecule has 1 amide bonds. The van der Waals surface area contributed by atoms with Crippen molar-refractivity contribution in [2.75, 3.05) is 12.8 Å². The van der Waals surface area contributed by atoms with Crippen molar-refractivity contribution in [2.45, 2.75) is 23.7 Å². The number of benzene rings is 2. The molecule has 0 saturated heterocycles. The van der Waals surface area contributed by atoms with Crippen LogP contribution in [0.25, 0.3) is 0 Å². The zero-order valence-corrected chi connectivity index (χ0v) is 17.6. The Kier molecular flexibility index (Phi) is 5.79. The molecule has 1 aliphatic heterocycles. The van der Waals surface area contributed by atoms with Crippen LogP contribution in [0.3, 0.4) is 0 Å². The summed E-state index contributed by atoms with van der Waals surface area (Å²) < 4.78 is 41.4. The van der Waals surface area contributed by atoms with Gasteiger partial charge < -0.3 is 9.64 Å². The molecule has 2 aromatic carbocycles. The zero-order chi connectivity index (χ0) is 21.3. The number of hydrogen-bond donors (Lipinski definition) is 0. The molecule has 0 fully saturated rings. The lowest BCUT2D eigenvalue weighted by Gasteiger charge is -2.36. The molecule has 0 N–H and O–H groups in total. The van der Waals surface area contributed by atoms with E-state index in [1.807, 2.05) is 42.0 Å². The first-order valence-electron chi connectivity index (χ1n) is 9.23. The van der Waals surface area contributed by atoms with E-state index in [9.17, 15) is 18.0 Å². The summed E-state index contributed by atoms with van der Waals surface area (Å²) in [5.74, 6) is -0.377. The lowest BCUT2D eigenvalue weighted by molar-refractivity contribution is -0.274. The van der Waals surface area contributed by atoms with E-state index in [0.29, 0.717) is 12.1 Å². The molecule has 30 heavy (non-hydrogen) atoms. The van der Waals surface area contributed by atoms with Crippen molar-refractivity contribution in [3.8, 4) is 5.75 Å². The number of thiophene rings is 1. The Bertz CT molecular complexity index is 1030. The first-order chi connectivity index (χ1) is 14.4. The standard InChI is InChI=1S/C22H18F3NO2S2/c1-29-17-8-4-15(5-9-17)21(27)26-12-10-19-18(11-13-30-19)20(26)14-2-6-16(7-3-14)28-22(23,24)25/h2-9,11,13,20H,10,12H2,1H3. The van der Waals surface area contributed by atoms with Crippen LogP contribution in [0.5, 0.6) is 5.75 Å². The number of thioether (sulfide) groups is 1.